The van der Waals surface area contributed by atoms with E-state index in [2.05, 4.69) is 0 Å². The second-order valence-electron chi connectivity index (χ2n) is 6.89. The minimum atomic E-state index is -3.64. The molecule has 30 heavy (non-hydrogen) atoms. The molecule has 3 rings (SSSR count). The van der Waals surface area contributed by atoms with Crippen LogP contribution < -0.4 is 0 Å². The van der Waals surface area contributed by atoms with Crippen LogP contribution in [0.5, 0.6) is 0 Å². The van der Waals surface area contributed by atoms with Crippen molar-refractivity contribution in [1.29, 1.82) is 0 Å². The van der Waals surface area contributed by atoms with Gasteiger partial charge in [-0.3, -0.25) is 4.79 Å². The maximum Gasteiger partial charge on any atom is 0.348 e. The molecule has 1 saturated heterocycles. The summed E-state index contributed by atoms with van der Waals surface area (Å²) in [6, 6.07) is 7.76. The number of piperazine rings is 1. The van der Waals surface area contributed by atoms with Crippen LogP contribution in [-0.4, -0.2) is 62.3 Å². The molecule has 10 heteroatoms. The van der Waals surface area contributed by atoms with Crippen molar-refractivity contribution >= 4 is 44.8 Å². The number of ether oxygens (including phenoxy) is 1. The molecular formula is C20H23ClN2O5S2. The van der Waals surface area contributed by atoms with E-state index >= 15 is 0 Å². The van der Waals surface area contributed by atoms with Gasteiger partial charge in [0.05, 0.1) is 4.90 Å². The third-order valence-corrected chi connectivity index (χ3v) is 8.44. The molecule has 1 aromatic carbocycles. The minimum Gasteiger partial charge on any atom is -0.451 e. The highest BCUT2D eigenvalue weighted by molar-refractivity contribution is 7.89. The predicted octanol–water partition coefficient (Wildman–Crippen LogP) is 2.96. The van der Waals surface area contributed by atoms with E-state index in [1.54, 1.807) is 6.07 Å². The highest BCUT2D eigenvalue weighted by Gasteiger charge is 2.30. The lowest BCUT2D eigenvalue weighted by Gasteiger charge is -2.33. The first kappa shape index (κ1) is 22.7. The third kappa shape index (κ3) is 5.03. The van der Waals surface area contributed by atoms with Crippen LogP contribution in [-0.2, 0) is 26.0 Å². The lowest BCUT2D eigenvalue weighted by Crippen LogP contribution is -2.51. The van der Waals surface area contributed by atoms with E-state index in [4.69, 9.17) is 16.3 Å². The van der Waals surface area contributed by atoms with Crippen molar-refractivity contribution in [2.24, 2.45) is 0 Å². The summed E-state index contributed by atoms with van der Waals surface area (Å²) in [6.45, 7) is 4.42. The first-order chi connectivity index (χ1) is 14.2. The van der Waals surface area contributed by atoms with Crippen molar-refractivity contribution in [3.63, 3.8) is 0 Å². The molecule has 0 saturated carbocycles. The van der Waals surface area contributed by atoms with Crippen LogP contribution in [0.25, 0.3) is 0 Å². The zero-order valence-corrected chi connectivity index (χ0v) is 19.1. The number of nitrogens with zero attached hydrogens (tertiary/aromatic N) is 2. The fourth-order valence-electron chi connectivity index (χ4n) is 3.19. The SMILES string of the molecule is CCc1sc(C(=O)OCC(=O)N2CCN(S(=O)(=O)c3ccc(Cl)cc3)CC2)cc1C. The van der Waals surface area contributed by atoms with Gasteiger partial charge in [-0.1, -0.05) is 18.5 Å². The number of rotatable bonds is 6. The van der Waals surface area contributed by atoms with Crippen LogP contribution in [0.4, 0.5) is 0 Å². The van der Waals surface area contributed by atoms with Crippen LogP contribution in [0.15, 0.2) is 35.2 Å². The van der Waals surface area contributed by atoms with E-state index in [-0.39, 0.29) is 43.6 Å². The number of halogens is 1. The molecule has 2 heterocycles. The first-order valence-electron chi connectivity index (χ1n) is 9.52. The van der Waals surface area contributed by atoms with Crippen molar-refractivity contribution in [3.05, 3.63) is 50.7 Å². The Hall–Kier alpha value is -1.94. The van der Waals surface area contributed by atoms with Gasteiger partial charge in [0.2, 0.25) is 10.0 Å². The first-order valence-corrected chi connectivity index (χ1v) is 12.2. The molecule has 1 fully saturated rings. The summed E-state index contributed by atoms with van der Waals surface area (Å²) >= 11 is 7.20. The Bertz CT molecular complexity index is 1030. The van der Waals surface area contributed by atoms with E-state index in [1.165, 1.54) is 44.8 Å². The number of sulfonamides is 1. The number of aryl methyl sites for hydroxylation is 2. The fourth-order valence-corrected chi connectivity index (χ4v) is 5.75. The molecule has 0 radical (unpaired) electrons. The molecule has 0 N–H and O–H groups in total. The lowest BCUT2D eigenvalue weighted by atomic mass is 10.2. The molecule has 0 spiro atoms. The van der Waals surface area contributed by atoms with Crippen LogP contribution in [0, 0.1) is 6.92 Å². The Balaban J connectivity index is 1.52. The van der Waals surface area contributed by atoms with Crippen LogP contribution in [0.3, 0.4) is 0 Å². The number of benzene rings is 1. The molecular weight excluding hydrogens is 448 g/mol. The Morgan fingerprint density at radius 1 is 1.13 bits per heavy atom. The molecule has 1 amide bonds. The molecule has 162 valence electrons. The number of hydrogen-bond acceptors (Lipinski definition) is 6. The van der Waals surface area contributed by atoms with E-state index in [1.807, 2.05) is 13.8 Å². The topological polar surface area (TPSA) is 84.0 Å². The molecule has 1 aliphatic heterocycles. The zero-order chi connectivity index (χ0) is 21.9. The summed E-state index contributed by atoms with van der Waals surface area (Å²) in [6.07, 6.45) is 0.839. The molecule has 1 aromatic heterocycles. The summed E-state index contributed by atoms with van der Waals surface area (Å²) in [7, 11) is -3.64. The molecule has 0 bridgehead atoms. The summed E-state index contributed by atoms with van der Waals surface area (Å²) in [4.78, 5) is 27.9. The van der Waals surface area contributed by atoms with Gasteiger partial charge < -0.3 is 9.64 Å². The highest BCUT2D eigenvalue weighted by atomic mass is 35.5. The fraction of sp³-hybridized carbons (Fsp3) is 0.400. The molecule has 0 atom stereocenters. The number of amides is 1. The van der Waals surface area contributed by atoms with E-state index in [9.17, 15) is 18.0 Å². The van der Waals surface area contributed by atoms with Crippen molar-refractivity contribution in [2.45, 2.75) is 25.2 Å². The molecule has 7 nitrogen and oxygen atoms in total. The van der Waals surface area contributed by atoms with Gasteiger partial charge in [-0.2, -0.15) is 4.31 Å². The van der Waals surface area contributed by atoms with E-state index < -0.39 is 16.0 Å². The smallest absolute Gasteiger partial charge is 0.348 e. The van der Waals surface area contributed by atoms with Gasteiger partial charge in [-0.25, -0.2) is 13.2 Å². The standard InChI is InChI=1S/C20H23ClN2O5S2/c1-3-17-14(2)12-18(29-17)20(25)28-13-19(24)22-8-10-23(11-9-22)30(26,27)16-6-4-15(21)5-7-16/h4-7,12H,3,8-11,13H2,1-2H3. The van der Waals surface area contributed by atoms with Gasteiger partial charge in [0, 0.05) is 36.1 Å². The van der Waals surface area contributed by atoms with Gasteiger partial charge in [0.1, 0.15) is 4.88 Å². The minimum absolute atomic E-state index is 0.165. The summed E-state index contributed by atoms with van der Waals surface area (Å²) in [5.41, 5.74) is 1.04. The molecule has 0 unspecified atom stereocenters. The highest BCUT2D eigenvalue weighted by Crippen LogP contribution is 2.23. The Morgan fingerprint density at radius 3 is 2.33 bits per heavy atom. The normalized spacial score (nSPS) is 15.2. The Kier molecular flexibility index (Phi) is 7.18. The van der Waals surface area contributed by atoms with Gasteiger partial charge in [-0.15, -0.1) is 11.3 Å². The maximum atomic E-state index is 12.7. The second kappa shape index (κ2) is 9.47. The molecule has 1 aliphatic rings. The lowest BCUT2D eigenvalue weighted by molar-refractivity contribution is -0.135. The van der Waals surface area contributed by atoms with Gasteiger partial charge in [0.25, 0.3) is 5.91 Å². The number of hydrogen-bond donors (Lipinski definition) is 0. The Labute approximate surface area is 185 Å². The maximum absolute atomic E-state index is 12.7. The van der Waals surface area contributed by atoms with Crippen LogP contribution in [0.1, 0.15) is 27.0 Å². The number of esters is 1. The average Bonchev–Trinajstić information content (AvgIpc) is 3.13. The quantitative estimate of drug-likeness (QED) is 0.606. The molecule has 0 aliphatic carbocycles. The number of carbonyl (C=O) groups excluding carboxylic acids is 2. The van der Waals surface area contributed by atoms with Crippen LogP contribution >= 0.6 is 22.9 Å². The number of thiophene rings is 1. The van der Waals surface area contributed by atoms with Gasteiger partial charge in [0.15, 0.2) is 6.61 Å². The molecule has 2 aromatic rings. The summed E-state index contributed by atoms with van der Waals surface area (Å²) < 4.78 is 31.9. The summed E-state index contributed by atoms with van der Waals surface area (Å²) in [5.74, 6) is -0.851. The predicted molar refractivity (Wildman–Crippen MR) is 116 cm³/mol. The van der Waals surface area contributed by atoms with E-state index in [0.717, 1.165) is 16.9 Å². The second-order valence-corrected chi connectivity index (χ2v) is 10.4. The van der Waals surface area contributed by atoms with Crippen molar-refractivity contribution in [2.75, 3.05) is 32.8 Å². The Morgan fingerprint density at radius 2 is 1.77 bits per heavy atom. The monoisotopic (exact) mass is 470 g/mol. The number of carbonyl (C=O) groups is 2. The van der Waals surface area contributed by atoms with Crippen molar-refractivity contribution in [3.8, 4) is 0 Å². The van der Waals surface area contributed by atoms with Gasteiger partial charge in [-0.05, 0) is 49.2 Å². The van der Waals surface area contributed by atoms with E-state index in [0.29, 0.717) is 9.90 Å². The average molecular weight is 471 g/mol. The van der Waals surface area contributed by atoms with Crippen molar-refractivity contribution in [1.82, 2.24) is 9.21 Å². The summed E-state index contributed by atoms with van der Waals surface area (Å²) in [5, 5.41) is 0.461. The zero-order valence-electron chi connectivity index (χ0n) is 16.8. The van der Waals surface area contributed by atoms with Gasteiger partial charge >= 0.3 is 5.97 Å². The largest absolute Gasteiger partial charge is 0.451 e. The van der Waals surface area contributed by atoms with Crippen molar-refractivity contribution < 1.29 is 22.7 Å². The van der Waals surface area contributed by atoms with Crippen LogP contribution in [0.2, 0.25) is 5.02 Å². The third-order valence-electron chi connectivity index (χ3n) is 4.91.